The minimum absolute atomic E-state index is 0.0316. The molecule has 0 saturated carbocycles. The average molecular weight is 374 g/mol. The molecule has 0 atom stereocenters. The monoisotopic (exact) mass is 374 g/mol. The van der Waals surface area contributed by atoms with Gasteiger partial charge in [-0.2, -0.15) is 5.26 Å². The highest BCUT2D eigenvalue weighted by atomic mass is 16.5. The van der Waals surface area contributed by atoms with Crippen molar-refractivity contribution in [3.05, 3.63) is 77.1 Å². The summed E-state index contributed by atoms with van der Waals surface area (Å²) in [4.78, 5) is 24.8. The smallest absolute Gasteiger partial charge is 0.357 e. The summed E-state index contributed by atoms with van der Waals surface area (Å²) >= 11 is 0. The lowest BCUT2D eigenvalue weighted by atomic mass is 10.1. The van der Waals surface area contributed by atoms with Gasteiger partial charge in [0, 0.05) is 23.1 Å². The lowest BCUT2D eigenvalue weighted by Crippen LogP contribution is -2.14. The van der Waals surface area contributed by atoms with Gasteiger partial charge < -0.3 is 20.4 Å². The van der Waals surface area contributed by atoms with Crippen molar-refractivity contribution in [3.63, 3.8) is 0 Å². The van der Waals surface area contributed by atoms with Gasteiger partial charge in [0.05, 0.1) is 18.4 Å². The van der Waals surface area contributed by atoms with E-state index in [0.717, 1.165) is 5.56 Å². The topological polar surface area (TPSA) is 110 Å². The van der Waals surface area contributed by atoms with Gasteiger partial charge in [0.25, 0.3) is 5.91 Å². The standard InChI is InChI=1S/C21H18N4O3/c1-13-6-3-4-9-17(13)24-20(26)14-7-5-8-16(10-14)25-12-15(11-22)18(23)19(25)21(27)28-2/h3-10,12H,23H2,1-2H3,(H,24,26). The molecule has 0 spiro atoms. The van der Waals surface area contributed by atoms with Gasteiger partial charge in [-0.15, -0.1) is 0 Å². The van der Waals surface area contributed by atoms with Gasteiger partial charge in [0.1, 0.15) is 6.07 Å². The lowest BCUT2D eigenvalue weighted by Gasteiger charge is -2.11. The first kappa shape index (κ1) is 18.7. The second-order valence-electron chi connectivity index (χ2n) is 6.10. The Balaban J connectivity index is 2.01. The summed E-state index contributed by atoms with van der Waals surface area (Å²) in [6, 6.07) is 16.1. The second-order valence-corrected chi connectivity index (χ2v) is 6.10. The first-order chi connectivity index (χ1) is 13.5. The molecule has 0 aliphatic rings. The first-order valence-corrected chi connectivity index (χ1v) is 8.43. The number of methoxy groups -OCH3 is 1. The SMILES string of the molecule is COC(=O)c1c(N)c(C#N)cn1-c1cccc(C(=O)Nc2ccccc2C)c1. The minimum atomic E-state index is -0.672. The molecular weight excluding hydrogens is 356 g/mol. The Hall–Kier alpha value is -4.05. The van der Waals surface area contributed by atoms with Crippen LogP contribution in [0.1, 0.15) is 32.0 Å². The molecule has 140 valence electrons. The highest BCUT2D eigenvalue weighted by Crippen LogP contribution is 2.25. The third-order valence-electron chi connectivity index (χ3n) is 4.32. The van der Waals surface area contributed by atoms with Crippen LogP contribution in [0.15, 0.2) is 54.7 Å². The number of nitriles is 1. The van der Waals surface area contributed by atoms with Crippen LogP contribution < -0.4 is 11.1 Å². The van der Waals surface area contributed by atoms with E-state index in [-0.39, 0.29) is 22.9 Å². The maximum atomic E-state index is 12.7. The summed E-state index contributed by atoms with van der Waals surface area (Å²) in [5, 5.41) is 12.1. The van der Waals surface area contributed by atoms with E-state index >= 15 is 0 Å². The molecule has 3 N–H and O–H groups in total. The van der Waals surface area contributed by atoms with Gasteiger partial charge in [-0.05, 0) is 36.8 Å². The first-order valence-electron chi connectivity index (χ1n) is 8.43. The molecule has 7 nitrogen and oxygen atoms in total. The molecule has 1 amide bonds. The second kappa shape index (κ2) is 7.68. The number of carbonyl (C=O) groups is 2. The highest BCUT2D eigenvalue weighted by Gasteiger charge is 2.22. The number of nitrogens with one attached hydrogen (secondary N) is 1. The van der Waals surface area contributed by atoms with Crippen LogP contribution in [0.25, 0.3) is 5.69 Å². The molecule has 0 saturated heterocycles. The van der Waals surface area contributed by atoms with Crippen LogP contribution in [0.5, 0.6) is 0 Å². The number of rotatable bonds is 4. The number of nitrogens with zero attached hydrogens (tertiary/aromatic N) is 2. The van der Waals surface area contributed by atoms with Crippen LogP contribution in [0.3, 0.4) is 0 Å². The van der Waals surface area contributed by atoms with Crippen molar-refractivity contribution in [2.24, 2.45) is 0 Å². The van der Waals surface area contributed by atoms with Crippen molar-refractivity contribution in [3.8, 4) is 11.8 Å². The van der Waals surface area contributed by atoms with Gasteiger partial charge in [-0.3, -0.25) is 4.79 Å². The molecule has 0 fully saturated rings. The number of carbonyl (C=O) groups excluding carboxylic acids is 2. The third-order valence-corrected chi connectivity index (χ3v) is 4.32. The normalized spacial score (nSPS) is 10.2. The van der Waals surface area contributed by atoms with Crippen molar-refractivity contribution in [1.29, 1.82) is 5.26 Å². The molecule has 0 radical (unpaired) electrons. The van der Waals surface area contributed by atoms with Crippen LogP contribution in [0.4, 0.5) is 11.4 Å². The van der Waals surface area contributed by atoms with Crippen molar-refractivity contribution in [2.75, 3.05) is 18.2 Å². The number of ether oxygens (including phenoxy) is 1. The van der Waals surface area contributed by atoms with Crippen LogP contribution >= 0.6 is 0 Å². The Bertz CT molecular complexity index is 1110. The fourth-order valence-corrected chi connectivity index (χ4v) is 2.82. The van der Waals surface area contributed by atoms with Gasteiger partial charge in [0.2, 0.25) is 0 Å². The number of hydrogen-bond acceptors (Lipinski definition) is 5. The number of anilines is 2. The summed E-state index contributed by atoms with van der Waals surface area (Å²) < 4.78 is 6.23. The molecule has 3 rings (SSSR count). The maximum absolute atomic E-state index is 12.7. The van der Waals surface area contributed by atoms with Crippen LogP contribution in [0.2, 0.25) is 0 Å². The van der Waals surface area contributed by atoms with E-state index in [1.807, 2.05) is 37.3 Å². The molecule has 3 aromatic rings. The number of amides is 1. The van der Waals surface area contributed by atoms with Gasteiger partial charge in [0.15, 0.2) is 5.69 Å². The molecule has 28 heavy (non-hydrogen) atoms. The number of hydrogen-bond donors (Lipinski definition) is 2. The summed E-state index contributed by atoms with van der Waals surface area (Å²) in [6.45, 7) is 1.90. The van der Waals surface area contributed by atoms with E-state index in [1.54, 1.807) is 24.3 Å². The fraction of sp³-hybridized carbons (Fsp3) is 0.0952. The molecule has 7 heteroatoms. The summed E-state index contributed by atoms with van der Waals surface area (Å²) in [6.07, 6.45) is 1.44. The number of aryl methyl sites for hydroxylation is 1. The molecule has 0 bridgehead atoms. The molecule has 0 unspecified atom stereocenters. The molecule has 0 aliphatic heterocycles. The number of aromatic nitrogens is 1. The van der Waals surface area contributed by atoms with Crippen molar-refractivity contribution in [2.45, 2.75) is 6.92 Å². The van der Waals surface area contributed by atoms with Gasteiger partial charge >= 0.3 is 5.97 Å². The average Bonchev–Trinajstić information content (AvgIpc) is 3.05. The maximum Gasteiger partial charge on any atom is 0.357 e. The minimum Gasteiger partial charge on any atom is -0.464 e. The Morgan fingerprint density at radius 1 is 1.18 bits per heavy atom. The Kier molecular flexibility index (Phi) is 5.14. The summed E-state index contributed by atoms with van der Waals surface area (Å²) in [5.41, 5.74) is 8.69. The molecule has 1 heterocycles. The van der Waals surface area contributed by atoms with Gasteiger partial charge in [-0.25, -0.2) is 4.79 Å². The van der Waals surface area contributed by atoms with Crippen LogP contribution in [-0.2, 0) is 4.74 Å². The van der Waals surface area contributed by atoms with Crippen LogP contribution in [-0.4, -0.2) is 23.6 Å². The predicted molar refractivity (Wildman–Crippen MR) is 105 cm³/mol. The molecule has 2 aromatic carbocycles. The Labute approximate surface area is 162 Å². The molecule has 0 aliphatic carbocycles. The van der Waals surface area contributed by atoms with E-state index in [1.165, 1.54) is 17.9 Å². The third kappa shape index (κ3) is 3.44. The van der Waals surface area contributed by atoms with E-state index in [9.17, 15) is 14.9 Å². The largest absolute Gasteiger partial charge is 0.464 e. The van der Waals surface area contributed by atoms with E-state index in [0.29, 0.717) is 16.9 Å². The summed E-state index contributed by atoms with van der Waals surface area (Å²) in [7, 11) is 1.23. The predicted octanol–water partition coefficient (Wildman–Crippen LogP) is 3.28. The summed E-state index contributed by atoms with van der Waals surface area (Å²) in [5.74, 6) is -0.967. The van der Waals surface area contributed by atoms with E-state index in [4.69, 9.17) is 10.5 Å². The number of nitrogens with two attached hydrogens (primary N) is 1. The zero-order chi connectivity index (χ0) is 20.3. The van der Waals surface area contributed by atoms with E-state index in [2.05, 4.69) is 5.32 Å². The zero-order valence-electron chi connectivity index (χ0n) is 15.4. The van der Waals surface area contributed by atoms with E-state index < -0.39 is 5.97 Å². The zero-order valence-corrected chi connectivity index (χ0v) is 15.4. The molecule has 1 aromatic heterocycles. The van der Waals surface area contributed by atoms with Crippen molar-refractivity contribution < 1.29 is 14.3 Å². The number of benzene rings is 2. The Morgan fingerprint density at radius 2 is 1.93 bits per heavy atom. The van der Waals surface area contributed by atoms with Crippen molar-refractivity contribution in [1.82, 2.24) is 4.57 Å². The van der Waals surface area contributed by atoms with Crippen molar-refractivity contribution >= 4 is 23.3 Å². The van der Waals surface area contributed by atoms with Gasteiger partial charge in [-0.1, -0.05) is 24.3 Å². The van der Waals surface area contributed by atoms with Crippen LogP contribution in [0, 0.1) is 18.3 Å². The number of para-hydroxylation sites is 1. The number of esters is 1. The quantitative estimate of drug-likeness (QED) is 0.681. The number of nitrogen functional groups attached to an aromatic ring is 1. The lowest BCUT2D eigenvalue weighted by molar-refractivity contribution is 0.0593. The highest BCUT2D eigenvalue weighted by molar-refractivity contribution is 6.05. The fourth-order valence-electron chi connectivity index (χ4n) is 2.82. The molecular formula is C21H18N4O3. The Morgan fingerprint density at radius 3 is 2.61 bits per heavy atom.